The Kier molecular flexibility index (Phi) is 3.34. The highest BCUT2D eigenvalue weighted by atomic mass is 35.5. The normalized spacial score (nSPS) is 12.2. The molecular weight excluding hydrogens is 188 g/mol. The lowest BCUT2D eigenvalue weighted by atomic mass is 10.1. The zero-order valence-electron chi connectivity index (χ0n) is 7.33. The molecule has 0 bridgehead atoms. The first-order chi connectivity index (χ1) is 6.19. The van der Waals surface area contributed by atoms with E-state index in [0.717, 1.165) is 0 Å². The number of methoxy groups -OCH3 is 1. The molecule has 0 aliphatic rings. The molecule has 0 spiro atoms. The average Bonchev–Trinajstić information content (AvgIpc) is 2.16. The van der Waals surface area contributed by atoms with Crippen molar-refractivity contribution in [3.8, 4) is 5.75 Å². The van der Waals surface area contributed by atoms with E-state index < -0.39 is 6.10 Å². The van der Waals surface area contributed by atoms with Crippen molar-refractivity contribution in [2.45, 2.75) is 6.10 Å². The third kappa shape index (κ3) is 2.23. The molecule has 0 heterocycles. The zero-order chi connectivity index (χ0) is 9.84. The monoisotopic (exact) mass is 198 g/mol. The molecule has 70 valence electrons. The quantitative estimate of drug-likeness (QED) is 0.757. The Morgan fingerprint density at radius 3 is 2.85 bits per heavy atom. The molecule has 0 saturated heterocycles. The topological polar surface area (TPSA) is 29.5 Å². The molecule has 1 N–H and O–H groups in total. The van der Waals surface area contributed by atoms with Crippen LogP contribution in [-0.4, -0.2) is 12.2 Å². The van der Waals surface area contributed by atoms with E-state index in [1.807, 2.05) is 0 Å². The minimum atomic E-state index is -0.742. The van der Waals surface area contributed by atoms with E-state index >= 15 is 0 Å². The summed E-state index contributed by atoms with van der Waals surface area (Å²) < 4.78 is 5.06. The summed E-state index contributed by atoms with van der Waals surface area (Å²) >= 11 is 5.77. The summed E-state index contributed by atoms with van der Waals surface area (Å²) in [5.74, 6) is 0.608. The molecule has 1 aromatic rings. The molecule has 1 rings (SSSR count). The van der Waals surface area contributed by atoms with Crippen molar-refractivity contribution in [3.63, 3.8) is 0 Å². The van der Waals surface area contributed by atoms with Crippen LogP contribution in [0.25, 0.3) is 0 Å². The van der Waals surface area contributed by atoms with Crippen LogP contribution < -0.4 is 4.74 Å². The molecular formula is C10H11ClO2. The second kappa shape index (κ2) is 4.30. The maximum atomic E-state index is 9.51. The van der Waals surface area contributed by atoms with E-state index in [1.54, 1.807) is 25.3 Å². The number of hydrogen-bond acceptors (Lipinski definition) is 2. The Morgan fingerprint density at radius 1 is 1.62 bits per heavy atom. The summed E-state index contributed by atoms with van der Waals surface area (Å²) in [4.78, 5) is 0. The van der Waals surface area contributed by atoms with Gasteiger partial charge in [-0.2, -0.15) is 0 Å². The van der Waals surface area contributed by atoms with Gasteiger partial charge in [-0.1, -0.05) is 17.7 Å². The maximum Gasteiger partial charge on any atom is 0.125 e. The number of ether oxygens (including phenoxy) is 1. The van der Waals surface area contributed by atoms with Gasteiger partial charge in [0, 0.05) is 10.6 Å². The van der Waals surface area contributed by atoms with Crippen LogP contribution in [0.2, 0.25) is 5.02 Å². The molecule has 0 fully saturated rings. The lowest BCUT2D eigenvalue weighted by Gasteiger charge is -2.11. The van der Waals surface area contributed by atoms with Gasteiger partial charge in [0.25, 0.3) is 0 Å². The number of rotatable bonds is 3. The van der Waals surface area contributed by atoms with Crippen molar-refractivity contribution in [2.24, 2.45) is 0 Å². The largest absolute Gasteiger partial charge is 0.496 e. The molecule has 0 radical (unpaired) electrons. The van der Waals surface area contributed by atoms with E-state index in [9.17, 15) is 5.11 Å². The molecule has 0 aromatic heterocycles. The Balaban J connectivity index is 3.14. The fourth-order valence-corrected chi connectivity index (χ4v) is 1.24. The van der Waals surface area contributed by atoms with Gasteiger partial charge in [-0.05, 0) is 18.2 Å². The second-order valence-corrected chi connectivity index (χ2v) is 3.00. The van der Waals surface area contributed by atoms with E-state index in [4.69, 9.17) is 16.3 Å². The van der Waals surface area contributed by atoms with Crippen molar-refractivity contribution in [3.05, 3.63) is 41.4 Å². The zero-order valence-corrected chi connectivity index (χ0v) is 8.08. The Bertz CT molecular complexity index is 310. The number of halogens is 1. The van der Waals surface area contributed by atoms with Gasteiger partial charge in [0.1, 0.15) is 11.9 Å². The van der Waals surface area contributed by atoms with Gasteiger partial charge >= 0.3 is 0 Å². The fraction of sp³-hybridized carbons (Fsp3) is 0.200. The number of hydrogen-bond donors (Lipinski definition) is 1. The van der Waals surface area contributed by atoms with Crippen molar-refractivity contribution < 1.29 is 9.84 Å². The SMILES string of the molecule is C=CC(O)c1cc(Cl)ccc1OC. The Hall–Kier alpha value is -0.990. The summed E-state index contributed by atoms with van der Waals surface area (Å²) in [6.45, 7) is 3.49. The van der Waals surface area contributed by atoms with Gasteiger partial charge in [-0.25, -0.2) is 0 Å². The van der Waals surface area contributed by atoms with Crippen LogP contribution in [0.5, 0.6) is 5.75 Å². The summed E-state index contributed by atoms with van der Waals surface area (Å²) in [5.41, 5.74) is 0.630. The molecule has 0 aliphatic carbocycles. The summed E-state index contributed by atoms with van der Waals surface area (Å²) in [7, 11) is 1.54. The first-order valence-electron chi connectivity index (χ1n) is 3.83. The van der Waals surface area contributed by atoms with Gasteiger partial charge < -0.3 is 9.84 Å². The molecule has 0 aliphatic heterocycles. The predicted molar refractivity (Wildman–Crippen MR) is 53.2 cm³/mol. The fourth-order valence-electron chi connectivity index (χ4n) is 1.06. The predicted octanol–water partition coefficient (Wildman–Crippen LogP) is 2.57. The van der Waals surface area contributed by atoms with E-state index in [1.165, 1.54) is 6.08 Å². The van der Waals surface area contributed by atoms with Crippen molar-refractivity contribution >= 4 is 11.6 Å². The number of benzene rings is 1. The first-order valence-corrected chi connectivity index (χ1v) is 4.21. The third-order valence-corrected chi connectivity index (χ3v) is 1.97. The first kappa shape index (κ1) is 10.1. The molecule has 1 atom stereocenters. The highest BCUT2D eigenvalue weighted by Gasteiger charge is 2.09. The van der Waals surface area contributed by atoms with Gasteiger partial charge in [0.15, 0.2) is 0 Å². The summed E-state index contributed by atoms with van der Waals surface area (Å²) in [6.07, 6.45) is 0.683. The second-order valence-electron chi connectivity index (χ2n) is 2.57. The van der Waals surface area contributed by atoms with E-state index in [-0.39, 0.29) is 0 Å². The molecule has 1 aromatic carbocycles. The summed E-state index contributed by atoms with van der Waals surface area (Å²) in [5, 5.41) is 10.1. The summed E-state index contributed by atoms with van der Waals surface area (Å²) in [6, 6.07) is 5.08. The van der Waals surface area contributed by atoms with Crippen LogP contribution in [0.4, 0.5) is 0 Å². The van der Waals surface area contributed by atoms with Crippen molar-refractivity contribution in [1.82, 2.24) is 0 Å². The Labute approximate surface area is 82.4 Å². The molecule has 1 unspecified atom stereocenters. The maximum absolute atomic E-state index is 9.51. The molecule has 0 saturated carbocycles. The average molecular weight is 199 g/mol. The van der Waals surface area contributed by atoms with Crippen LogP contribution in [0.1, 0.15) is 11.7 Å². The van der Waals surface area contributed by atoms with Crippen LogP contribution in [0.15, 0.2) is 30.9 Å². The number of aliphatic hydroxyl groups excluding tert-OH is 1. The lowest BCUT2D eigenvalue weighted by molar-refractivity contribution is 0.223. The third-order valence-electron chi connectivity index (χ3n) is 1.73. The smallest absolute Gasteiger partial charge is 0.125 e. The molecule has 2 nitrogen and oxygen atoms in total. The number of aliphatic hydroxyl groups is 1. The van der Waals surface area contributed by atoms with E-state index in [2.05, 4.69) is 6.58 Å². The molecule has 3 heteroatoms. The minimum Gasteiger partial charge on any atom is -0.496 e. The van der Waals surface area contributed by atoms with Crippen LogP contribution in [0, 0.1) is 0 Å². The minimum absolute atomic E-state index is 0.566. The standard InChI is InChI=1S/C10H11ClO2/c1-3-9(12)8-6-7(11)4-5-10(8)13-2/h3-6,9,12H,1H2,2H3. The van der Waals surface area contributed by atoms with Gasteiger partial charge in [0.2, 0.25) is 0 Å². The molecule has 0 amide bonds. The van der Waals surface area contributed by atoms with Crippen LogP contribution in [-0.2, 0) is 0 Å². The lowest BCUT2D eigenvalue weighted by Crippen LogP contribution is -1.97. The van der Waals surface area contributed by atoms with Crippen molar-refractivity contribution in [1.29, 1.82) is 0 Å². The van der Waals surface area contributed by atoms with Gasteiger partial charge in [0.05, 0.1) is 7.11 Å². The van der Waals surface area contributed by atoms with Gasteiger partial charge in [-0.15, -0.1) is 6.58 Å². The highest BCUT2D eigenvalue weighted by Crippen LogP contribution is 2.28. The van der Waals surface area contributed by atoms with Crippen LogP contribution in [0.3, 0.4) is 0 Å². The van der Waals surface area contributed by atoms with Crippen molar-refractivity contribution in [2.75, 3.05) is 7.11 Å². The van der Waals surface area contributed by atoms with Crippen LogP contribution >= 0.6 is 11.6 Å². The molecule has 13 heavy (non-hydrogen) atoms. The van der Waals surface area contributed by atoms with Gasteiger partial charge in [-0.3, -0.25) is 0 Å². The highest BCUT2D eigenvalue weighted by molar-refractivity contribution is 6.30. The Morgan fingerprint density at radius 2 is 2.31 bits per heavy atom. The van der Waals surface area contributed by atoms with E-state index in [0.29, 0.717) is 16.3 Å².